The molecule has 1 aliphatic rings. The van der Waals surface area contributed by atoms with Crippen LogP contribution in [0.4, 0.5) is 11.4 Å². The number of hydrogen-bond donors (Lipinski definition) is 3. The monoisotopic (exact) mass is 626 g/mol. The second kappa shape index (κ2) is 17.0. The number of hydrogen-bond acceptors (Lipinski definition) is 12. The maximum Gasteiger partial charge on any atom is 0.264 e. The number of aliphatic imine (C=N–C) groups is 1. The van der Waals surface area contributed by atoms with Gasteiger partial charge in [0.25, 0.3) is 10.1 Å². The van der Waals surface area contributed by atoms with Crippen molar-refractivity contribution in [3.63, 3.8) is 0 Å². The third kappa shape index (κ3) is 10.5. The van der Waals surface area contributed by atoms with Crippen molar-refractivity contribution in [3.05, 3.63) is 78.0 Å². The van der Waals surface area contributed by atoms with E-state index in [4.69, 9.17) is 10.5 Å². The lowest BCUT2D eigenvalue weighted by atomic mass is 9.77. The van der Waals surface area contributed by atoms with Gasteiger partial charge in [0, 0.05) is 52.2 Å². The Labute approximate surface area is 248 Å². The number of benzene rings is 2. The fourth-order valence-electron chi connectivity index (χ4n) is 4.73. The highest BCUT2D eigenvalue weighted by atomic mass is 32.2. The molecular weight excluding hydrogens is 593 g/mol. The Bertz CT molecular complexity index is 1290. The first-order valence-corrected chi connectivity index (χ1v) is 16.1. The lowest BCUT2D eigenvalue weighted by molar-refractivity contribution is -0.432. The summed E-state index contributed by atoms with van der Waals surface area (Å²) in [7, 11) is -4.05. The largest absolute Gasteiger partial charge is 0.344 e. The maximum atomic E-state index is 11.3. The van der Waals surface area contributed by atoms with Gasteiger partial charge in [0.05, 0.1) is 23.5 Å². The summed E-state index contributed by atoms with van der Waals surface area (Å²) in [4.78, 5) is 7.40. The fourth-order valence-corrected chi connectivity index (χ4v) is 6.13. The third-order valence-corrected chi connectivity index (χ3v) is 8.56. The van der Waals surface area contributed by atoms with E-state index in [0.717, 1.165) is 59.6 Å². The van der Waals surface area contributed by atoms with Crippen LogP contribution in [0.1, 0.15) is 44.6 Å². The zero-order chi connectivity index (χ0) is 29.6. The molecule has 0 bridgehead atoms. The van der Waals surface area contributed by atoms with Crippen molar-refractivity contribution in [2.24, 2.45) is 4.99 Å². The van der Waals surface area contributed by atoms with Crippen molar-refractivity contribution in [3.8, 4) is 0 Å². The molecule has 3 rings (SSSR count). The minimum Gasteiger partial charge on any atom is -0.344 e. The molecule has 1 atom stereocenters. The number of para-hydroxylation sites is 1. The van der Waals surface area contributed by atoms with Gasteiger partial charge in [-0.25, -0.2) is 10.5 Å². The molecule has 2 aromatic rings. The average Bonchev–Trinajstić information content (AvgIpc) is 3.18. The molecule has 0 fully saturated rings. The van der Waals surface area contributed by atoms with Crippen molar-refractivity contribution < 1.29 is 42.2 Å². The summed E-state index contributed by atoms with van der Waals surface area (Å²) in [5.74, 6) is 0.320. The van der Waals surface area contributed by atoms with Gasteiger partial charge in [0.1, 0.15) is 0 Å². The van der Waals surface area contributed by atoms with Crippen LogP contribution < -0.4 is 4.90 Å². The fraction of sp³-hybridized carbons (Fsp3) is 0.370. The van der Waals surface area contributed by atoms with Gasteiger partial charge in [-0.2, -0.15) is 8.42 Å². The van der Waals surface area contributed by atoms with Gasteiger partial charge in [-0.05, 0) is 80.7 Å². The van der Waals surface area contributed by atoms with Gasteiger partial charge in [0.2, 0.25) is 0 Å². The molecule has 14 heteroatoms. The molecule has 0 radical (unpaired) electrons. The van der Waals surface area contributed by atoms with Crippen molar-refractivity contribution in [1.82, 2.24) is 0 Å². The molecule has 1 heterocycles. The van der Waals surface area contributed by atoms with Crippen LogP contribution in [0, 0.1) is 0 Å². The molecule has 1 unspecified atom stereocenters. The minimum atomic E-state index is -4.05. The first-order chi connectivity index (χ1) is 19.8. The highest BCUT2D eigenvalue weighted by Crippen LogP contribution is 2.51. The van der Waals surface area contributed by atoms with Gasteiger partial charge in [-0.1, -0.05) is 40.8 Å². The van der Waals surface area contributed by atoms with Gasteiger partial charge in [-0.15, -0.1) is 8.67 Å². The van der Waals surface area contributed by atoms with E-state index in [-0.39, 0.29) is 5.75 Å². The topological polar surface area (TPSA) is 147 Å². The number of nitrogens with zero attached hydrogens (tertiary/aromatic N) is 2. The molecule has 0 aliphatic carbocycles. The van der Waals surface area contributed by atoms with Gasteiger partial charge < -0.3 is 4.90 Å². The standard InChI is InChI=1S/C27H34N2O9S3/c1-27(16-6-10-20-41(32,33)34)24-21-23(40-38-36-31)14-15-25(24)29(18-8-9-19-39-37-35-30)26(27)13-5-7-17-28-22-11-3-2-4-12-22/h2-5,7,11-15,17,21,30-31H,6,8-10,16,18-20H2,1H3,(H,32,33,34)/b7-5+,26-13+,28-17?. The maximum absolute atomic E-state index is 11.3. The summed E-state index contributed by atoms with van der Waals surface area (Å²) in [5.41, 5.74) is 3.37. The molecule has 0 spiro atoms. The first-order valence-electron chi connectivity index (χ1n) is 12.9. The molecule has 0 aromatic heterocycles. The summed E-state index contributed by atoms with van der Waals surface area (Å²) in [6.07, 6.45) is 10.7. The van der Waals surface area contributed by atoms with Gasteiger partial charge in [0.15, 0.2) is 0 Å². The molecule has 0 amide bonds. The van der Waals surface area contributed by atoms with E-state index in [1.165, 1.54) is 0 Å². The van der Waals surface area contributed by atoms with E-state index in [2.05, 4.69) is 35.6 Å². The molecule has 41 heavy (non-hydrogen) atoms. The predicted molar refractivity (Wildman–Crippen MR) is 160 cm³/mol. The Morgan fingerprint density at radius 1 is 1.00 bits per heavy atom. The normalized spacial score (nSPS) is 18.2. The zero-order valence-electron chi connectivity index (χ0n) is 22.5. The first kappa shape index (κ1) is 33.3. The Balaban J connectivity index is 1.92. The second-order valence-corrected chi connectivity index (χ2v) is 12.5. The van der Waals surface area contributed by atoms with Crippen LogP contribution in [0.25, 0.3) is 0 Å². The molecular formula is C27H34N2O9S3. The van der Waals surface area contributed by atoms with Crippen LogP contribution in [-0.2, 0) is 34.3 Å². The van der Waals surface area contributed by atoms with Crippen LogP contribution in [0.5, 0.6) is 0 Å². The van der Waals surface area contributed by atoms with Crippen molar-refractivity contribution in [1.29, 1.82) is 0 Å². The van der Waals surface area contributed by atoms with E-state index in [1.54, 1.807) is 6.21 Å². The number of anilines is 1. The summed E-state index contributed by atoms with van der Waals surface area (Å²) < 4.78 is 41.0. The lowest BCUT2D eigenvalue weighted by Crippen LogP contribution is -2.29. The molecule has 2 aromatic carbocycles. The predicted octanol–water partition coefficient (Wildman–Crippen LogP) is 6.94. The molecule has 1 aliphatic heterocycles. The minimum absolute atomic E-state index is 0.302. The number of rotatable bonds is 18. The SMILES string of the molecule is CC1(CCCCS(=O)(=O)O)/C(=C\C=C\C=Nc2ccccc2)N(CCCCSOOO)c2ccc(SOOO)cc21. The van der Waals surface area contributed by atoms with Crippen LogP contribution in [0.2, 0.25) is 0 Å². The van der Waals surface area contributed by atoms with Crippen molar-refractivity contribution >= 4 is 51.8 Å². The Kier molecular flexibility index (Phi) is 13.8. The van der Waals surface area contributed by atoms with E-state index in [0.29, 0.717) is 36.5 Å². The average molecular weight is 627 g/mol. The Morgan fingerprint density at radius 2 is 1.78 bits per heavy atom. The second-order valence-electron chi connectivity index (χ2n) is 9.35. The van der Waals surface area contributed by atoms with Crippen LogP contribution in [-0.4, -0.2) is 47.8 Å². The molecule has 0 saturated carbocycles. The number of unbranched alkanes of at least 4 members (excludes halogenated alkanes) is 2. The van der Waals surface area contributed by atoms with Crippen LogP contribution in [0.3, 0.4) is 0 Å². The quantitative estimate of drug-likeness (QED) is 0.0393. The summed E-state index contributed by atoms with van der Waals surface area (Å²) in [5, 5.41) is 24.4. The van der Waals surface area contributed by atoms with Crippen molar-refractivity contribution in [2.75, 3.05) is 23.0 Å². The highest BCUT2D eigenvalue weighted by molar-refractivity contribution is 7.94. The zero-order valence-corrected chi connectivity index (χ0v) is 24.9. The molecule has 0 saturated heterocycles. The summed E-state index contributed by atoms with van der Waals surface area (Å²) >= 11 is 1.88. The van der Waals surface area contributed by atoms with Crippen molar-refractivity contribution in [2.45, 2.75) is 49.3 Å². The number of fused-ring (bicyclic) bond motifs is 1. The third-order valence-electron chi connectivity index (χ3n) is 6.57. The van der Waals surface area contributed by atoms with E-state index < -0.39 is 15.5 Å². The Morgan fingerprint density at radius 3 is 2.51 bits per heavy atom. The van der Waals surface area contributed by atoms with Gasteiger partial charge in [-0.3, -0.25) is 9.55 Å². The van der Waals surface area contributed by atoms with E-state index >= 15 is 0 Å². The highest BCUT2D eigenvalue weighted by Gasteiger charge is 2.43. The van der Waals surface area contributed by atoms with E-state index in [1.807, 2.05) is 66.8 Å². The molecule has 224 valence electrons. The summed E-state index contributed by atoms with van der Waals surface area (Å²) in [6.45, 7) is 2.80. The molecule has 11 nitrogen and oxygen atoms in total. The Hall–Kier alpha value is -2.24. The summed E-state index contributed by atoms with van der Waals surface area (Å²) in [6, 6.07) is 15.4. The molecule has 3 N–H and O–H groups in total. The van der Waals surface area contributed by atoms with Crippen LogP contribution in [0.15, 0.2) is 82.3 Å². The van der Waals surface area contributed by atoms with Crippen LogP contribution >= 0.6 is 24.1 Å². The van der Waals surface area contributed by atoms with Gasteiger partial charge >= 0.3 is 0 Å². The van der Waals surface area contributed by atoms with E-state index in [9.17, 15) is 13.0 Å². The number of allylic oxidation sites excluding steroid dienone is 4. The smallest absolute Gasteiger partial charge is 0.264 e. The lowest BCUT2D eigenvalue weighted by Gasteiger charge is -2.30.